The Hall–Kier alpha value is -2.20. The quantitative estimate of drug-likeness (QED) is 0.681. The van der Waals surface area contributed by atoms with E-state index in [1.807, 2.05) is 0 Å². The van der Waals surface area contributed by atoms with E-state index in [0.29, 0.717) is 10.7 Å². The van der Waals surface area contributed by atoms with E-state index < -0.39 is 11.6 Å². The van der Waals surface area contributed by atoms with Gasteiger partial charge in [-0.1, -0.05) is 11.6 Å². The molecule has 0 amide bonds. The zero-order valence-electron chi connectivity index (χ0n) is 10.2. The Morgan fingerprint density at radius 3 is 2.50 bits per heavy atom. The first-order chi connectivity index (χ1) is 9.65. The van der Waals surface area contributed by atoms with Crippen LogP contribution in [0.25, 0.3) is 16.9 Å². The van der Waals surface area contributed by atoms with Crippen molar-refractivity contribution < 1.29 is 8.78 Å². The van der Waals surface area contributed by atoms with Gasteiger partial charge in [0.25, 0.3) is 0 Å². The van der Waals surface area contributed by atoms with Crippen molar-refractivity contribution in [3.63, 3.8) is 0 Å². The van der Waals surface area contributed by atoms with Gasteiger partial charge in [-0.05, 0) is 42.5 Å². The van der Waals surface area contributed by atoms with Gasteiger partial charge >= 0.3 is 0 Å². The van der Waals surface area contributed by atoms with Crippen LogP contribution in [0.3, 0.4) is 0 Å². The highest BCUT2D eigenvalue weighted by molar-refractivity contribution is 6.30. The van der Waals surface area contributed by atoms with E-state index in [1.165, 1.54) is 6.20 Å². The maximum Gasteiger partial charge on any atom is 0.132 e. The molecule has 0 spiro atoms. The molecule has 0 saturated heterocycles. The van der Waals surface area contributed by atoms with Crippen LogP contribution >= 0.6 is 11.6 Å². The van der Waals surface area contributed by atoms with Gasteiger partial charge in [0, 0.05) is 16.3 Å². The van der Waals surface area contributed by atoms with Crippen LogP contribution in [-0.4, -0.2) is 9.55 Å². The molecule has 20 heavy (non-hydrogen) atoms. The molecule has 5 heteroatoms. The molecule has 0 aliphatic rings. The molecule has 2 aromatic carbocycles. The van der Waals surface area contributed by atoms with Crippen molar-refractivity contribution in [2.24, 2.45) is 0 Å². The Labute approximate surface area is 119 Å². The van der Waals surface area contributed by atoms with Gasteiger partial charge < -0.3 is 0 Å². The maximum atomic E-state index is 13.9. The molecular weight excluding hydrogens is 282 g/mol. The third kappa shape index (κ3) is 2.30. The molecule has 0 unspecified atom stereocenters. The minimum absolute atomic E-state index is 0.164. The predicted octanol–water partition coefficient (Wildman–Crippen LogP) is 4.47. The molecule has 2 nitrogen and oxygen atoms in total. The van der Waals surface area contributed by atoms with E-state index in [9.17, 15) is 8.78 Å². The molecule has 0 saturated carbocycles. The van der Waals surface area contributed by atoms with Crippen molar-refractivity contribution in [2.75, 3.05) is 0 Å². The Morgan fingerprint density at radius 1 is 1.00 bits per heavy atom. The number of nitrogens with zero attached hydrogens (tertiary/aromatic N) is 2. The highest BCUT2D eigenvalue weighted by atomic mass is 35.5. The summed E-state index contributed by atoms with van der Waals surface area (Å²) < 4.78 is 28.9. The third-order valence-electron chi connectivity index (χ3n) is 2.95. The summed E-state index contributed by atoms with van der Waals surface area (Å²) in [5.74, 6) is -0.993. The van der Waals surface area contributed by atoms with E-state index >= 15 is 0 Å². The fourth-order valence-electron chi connectivity index (χ4n) is 2.00. The molecule has 0 N–H and O–H groups in total. The molecule has 1 heterocycles. The summed E-state index contributed by atoms with van der Waals surface area (Å²) in [6, 6.07) is 10.4. The van der Waals surface area contributed by atoms with Crippen molar-refractivity contribution in [1.82, 2.24) is 9.55 Å². The molecule has 0 bridgehead atoms. The first kappa shape index (κ1) is 12.8. The van der Waals surface area contributed by atoms with Crippen molar-refractivity contribution in [3.8, 4) is 16.9 Å². The largest absolute Gasteiger partial charge is 0.299 e. The van der Waals surface area contributed by atoms with Crippen LogP contribution < -0.4 is 0 Å². The van der Waals surface area contributed by atoms with Crippen LogP contribution in [0.15, 0.2) is 55.0 Å². The minimum Gasteiger partial charge on any atom is -0.299 e. The zero-order valence-corrected chi connectivity index (χ0v) is 11.0. The monoisotopic (exact) mass is 290 g/mol. The molecule has 0 atom stereocenters. The summed E-state index contributed by atoms with van der Waals surface area (Å²) in [6.07, 6.45) is 3.04. The number of hydrogen-bond donors (Lipinski definition) is 0. The number of hydrogen-bond acceptors (Lipinski definition) is 1. The summed E-state index contributed by atoms with van der Waals surface area (Å²) in [5.41, 5.74) is 1.41. The van der Waals surface area contributed by atoms with Gasteiger partial charge in [-0.2, -0.15) is 0 Å². The fourth-order valence-corrected chi connectivity index (χ4v) is 2.12. The van der Waals surface area contributed by atoms with Crippen LogP contribution in [-0.2, 0) is 0 Å². The third-order valence-corrected chi connectivity index (χ3v) is 3.20. The highest BCUT2D eigenvalue weighted by Crippen LogP contribution is 2.26. The Morgan fingerprint density at radius 2 is 1.75 bits per heavy atom. The van der Waals surface area contributed by atoms with E-state index in [0.717, 1.165) is 23.9 Å². The topological polar surface area (TPSA) is 17.8 Å². The van der Waals surface area contributed by atoms with E-state index in [1.54, 1.807) is 35.2 Å². The summed E-state index contributed by atoms with van der Waals surface area (Å²) in [5, 5.41) is 0.604. The van der Waals surface area contributed by atoms with Gasteiger partial charge in [-0.3, -0.25) is 4.57 Å². The second-order valence-corrected chi connectivity index (χ2v) is 4.69. The van der Waals surface area contributed by atoms with Gasteiger partial charge in [-0.15, -0.1) is 0 Å². The number of halogens is 3. The van der Waals surface area contributed by atoms with Crippen LogP contribution in [0.5, 0.6) is 0 Å². The van der Waals surface area contributed by atoms with Gasteiger partial charge in [-0.25, -0.2) is 13.8 Å². The van der Waals surface area contributed by atoms with Crippen molar-refractivity contribution >= 4 is 11.6 Å². The second kappa shape index (κ2) is 5.06. The van der Waals surface area contributed by atoms with Crippen molar-refractivity contribution in [3.05, 3.63) is 71.6 Å². The second-order valence-electron chi connectivity index (χ2n) is 4.25. The van der Waals surface area contributed by atoms with Gasteiger partial charge in [0.2, 0.25) is 0 Å². The summed E-state index contributed by atoms with van der Waals surface area (Å²) in [4.78, 5) is 4.01. The van der Waals surface area contributed by atoms with Crippen LogP contribution in [0, 0.1) is 11.6 Å². The predicted molar refractivity (Wildman–Crippen MR) is 73.9 cm³/mol. The van der Waals surface area contributed by atoms with Crippen molar-refractivity contribution in [1.29, 1.82) is 0 Å². The summed E-state index contributed by atoms with van der Waals surface area (Å²) in [6.45, 7) is 0. The molecule has 0 aliphatic carbocycles. The Balaban J connectivity index is 2.15. The molecule has 1 aromatic heterocycles. The van der Waals surface area contributed by atoms with Crippen molar-refractivity contribution in [2.45, 2.75) is 0 Å². The lowest BCUT2D eigenvalue weighted by atomic mass is 10.1. The minimum atomic E-state index is -0.498. The standard InChI is InChI=1S/C15H9ClF2N2/c16-10-1-4-12(5-2-10)20-9-19-8-15(20)13-7-11(17)3-6-14(13)18/h1-9H. The first-order valence-electron chi connectivity index (χ1n) is 5.89. The molecule has 3 rings (SSSR count). The fraction of sp³-hybridized carbons (Fsp3) is 0. The molecule has 0 radical (unpaired) electrons. The average Bonchev–Trinajstić information content (AvgIpc) is 2.91. The SMILES string of the molecule is Fc1ccc(F)c(-c2cncn2-c2ccc(Cl)cc2)c1. The molecule has 0 aliphatic heterocycles. The Bertz CT molecular complexity index is 751. The van der Waals surface area contributed by atoms with Crippen LogP contribution in [0.4, 0.5) is 8.78 Å². The van der Waals surface area contributed by atoms with Gasteiger partial charge in [0.15, 0.2) is 0 Å². The van der Waals surface area contributed by atoms with E-state index in [4.69, 9.17) is 11.6 Å². The number of imidazole rings is 1. The Kier molecular flexibility index (Phi) is 3.24. The van der Waals surface area contributed by atoms with Crippen LogP contribution in [0.1, 0.15) is 0 Å². The smallest absolute Gasteiger partial charge is 0.132 e. The normalized spacial score (nSPS) is 10.8. The summed E-state index contributed by atoms with van der Waals surface area (Å²) >= 11 is 5.84. The lowest BCUT2D eigenvalue weighted by molar-refractivity contribution is 0.602. The number of benzene rings is 2. The molecule has 0 fully saturated rings. The lowest BCUT2D eigenvalue weighted by Crippen LogP contribution is -1.97. The van der Waals surface area contributed by atoms with Crippen LogP contribution in [0.2, 0.25) is 5.02 Å². The number of aromatic nitrogens is 2. The first-order valence-corrected chi connectivity index (χ1v) is 6.26. The highest BCUT2D eigenvalue weighted by Gasteiger charge is 2.12. The van der Waals surface area contributed by atoms with E-state index in [-0.39, 0.29) is 5.56 Å². The average molecular weight is 291 g/mol. The zero-order chi connectivity index (χ0) is 14.1. The molecular formula is C15H9ClF2N2. The van der Waals surface area contributed by atoms with Gasteiger partial charge in [0.05, 0.1) is 18.2 Å². The lowest BCUT2D eigenvalue weighted by Gasteiger charge is -2.09. The van der Waals surface area contributed by atoms with E-state index in [2.05, 4.69) is 4.98 Å². The number of rotatable bonds is 2. The maximum absolute atomic E-state index is 13.9. The molecule has 100 valence electrons. The van der Waals surface area contributed by atoms with Gasteiger partial charge in [0.1, 0.15) is 11.6 Å². The molecule has 3 aromatic rings. The summed E-state index contributed by atoms with van der Waals surface area (Å²) in [7, 11) is 0.